The van der Waals surface area contributed by atoms with Gasteiger partial charge in [-0.15, -0.1) is 0 Å². The number of likely N-dealkylation sites (tertiary alicyclic amines) is 1. The molecule has 2 N–H and O–H groups in total. The average Bonchev–Trinajstić information content (AvgIpc) is 3.53. The van der Waals surface area contributed by atoms with E-state index in [2.05, 4.69) is 52.0 Å². The van der Waals surface area contributed by atoms with Gasteiger partial charge < -0.3 is 15.1 Å². The fraction of sp³-hybridized carbons (Fsp3) is 0.393. The highest BCUT2D eigenvalue weighted by atomic mass is 16.4. The zero-order chi connectivity index (χ0) is 25.0. The maximum atomic E-state index is 12.0. The lowest BCUT2D eigenvalue weighted by molar-refractivity contribution is 0.170. The van der Waals surface area contributed by atoms with Crippen LogP contribution in [0.15, 0.2) is 54.9 Å². The molecule has 186 valence electrons. The molecule has 6 rings (SSSR count). The van der Waals surface area contributed by atoms with Crippen molar-refractivity contribution < 1.29 is 15.0 Å². The van der Waals surface area contributed by atoms with Crippen LogP contribution < -0.4 is 9.80 Å². The molecule has 1 aliphatic carbocycles. The van der Waals surface area contributed by atoms with Crippen molar-refractivity contribution in [1.29, 1.82) is 0 Å². The summed E-state index contributed by atoms with van der Waals surface area (Å²) in [5.41, 5.74) is 5.55. The number of carboxylic acid groups (broad SMARTS) is 1. The number of amides is 1. The number of benzene rings is 2. The summed E-state index contributed by atoms with van der Waals surface area (Å²) in [6.07, 6.45) is 1.56. The third kappa shape index (κ3) is 3.55. The van der Waals surface area contributed by atoms with Crippen molar-refractivity contribution in [2.75, 3.05) is 36.5 Å². The van der Waals surface area contributed by atoms with Crippen LogP contribution in [0, 0.1) is 0 Å². The number of hydrogen-bond acceptors (Lipinski definition) is 6. The Morgan fingerprint density at radius 2 is 1.94 bits per heavy atom. The minimum absolute atomic E-state index is 0.147. The van der Waals surface area contributed by atoms with Crippen molar-refractivity contribution in [3.63, 3.8) is 0 Å². The average molecular weight is 486 g/mol. The molecule has 2 aliphatic heterocycles. The minimum Gasteiger partial charge on any atom is -0.465 e. The van der Waals surface area contributed by atoms with Gasteiger partial charge in [0.2, 0.25) is 0 Å². The van der Waals surface area contributed by atoms with Crippen molar-refractivity contribution in [2.24, 2.45) is 0 Å². The van der Waals surface area contributed by atoms with Crippen LogP contribution in [0.25, 0.3) is 0 Å². The highest BCUT2D eigenvalue weighted by molar-refractivity contribution is 5.91. The molecule has 1 spiro atoms. The van der Waals surface area contributed by atoms with Gasteiger partial charge in [0.05, 0.1) is 17.5 Å². The molecule has 3 atom stereocenters. The van der Waals surface area contributed by atoms with Crippen LogP contribution in [0.4, 0.5) is 22.0 Å². The first-order chi connectivity index (χ1) is 17.4. The van der Waals surface area contributed by atoms with E-state index in [0.717, 1.165) is 54.4 Å². The van der Waals surface area contributed by atoms with Crippen molar-refractivity contribution in [1.82, 2.24) is 14.9 Å². The molecule has 3 heterocycles. The molecule has 0 radical (unpaired) electrons. The van der Waals surface area contributed by atoms with E-state index in [-0.39, 0.29) is 11.3 Å². The van der Waals surface area contributed by atoms with Crippen LogP contribution in [0.1, 0.15) is 54.2 Å². The second-order valence-corrected chi connectivity index (χ2v) is 10.5. The molecule has 0 saturated carbocycles. The Hall–Kier alpha value is -3.49. The second-order valence-electron chi connectivity index (χ2n) is 10.5. The number of fused-ring (bicyclic) bond motifs is 3. The molecule has 0 unspecified atom stereocenters. The van der Waals surface area contributed by atoms with Gasteiger partial charge in [0.1, 0.15) is 12.1 Å². The van der Waals surface area contributed by atoms with Crippen LogP contribution in [0.5, 0.6) is 0 Å². The number of rotatable bonds is 4. The standard InChI is InChI=1S/C28H31N5O3/c1-18-13-22(34)25-23(18)26(30-17-29-25)33-16-28(11-12-32(15-28)14-19-7-4-3-5-8-19)24-20(31(2)27(35)36)9-6-10-21(24)33/h3-10,17-18,22,34H,11-16H2,1-2H3,(H,35,36)/t18-,22-,28-/m1/s1. The second kappa shape index (κ2) is 8.57. The molecule has 3 aliphatic rings. The Kier molecular flexibility index (Phi) is 5.46. The first-order valence-electron chi connectivity index (χ1n) is 12.5. The number of aliphatic hydroxyl groups is 1. The smallest absolute Gasteiger partial charge is 0.411 e. The summed E-state index contributed by atoms with van der Waals surface area (Å²) in [5.74, 6) is 0.980. The molecule has 8 nitrogen and oxygen atoms in total. The fourth-order valence-electron chi connectivity index (χ4n) is 6.52. The Bertz CT molecular complexity index is 1320. The van der Waals surface area contributed by atoms with Gasteiger partial charge in [-0.3, -0.25) is 9.80 Å². The van der Waals surface area contributed by atoms with Gasteiger partial charge >= 0.3 is 6.09 Å². The predicted octanol–water partition coefficient (Wildman–Crippen LogP) is 4.43. The number of anilines is 3. The van der Waals surface area contributed by atoms with Crippen molar-refractivity contribution in [2.45, 2.75) is 43.7 Å². The number of aromatic nitrogens is 2. The monoisotopic (exact) mass is 485 g/mol. The number of nitrogens with zero attached hydrogens (tertiary/aromatic N) is 5. The van der Waals surface area contributed by atoms with Crippen LogP contribution in [0.2, 0.25) is 0 Å². The molecule has 1 fully saturated rings. The van der Waals surface area contributed by atoms with E-state index in [9.17, 15) is 15.0 Å². The number of aliphatic hydroxyl groups excluding tert-OH is 1. The SMILES string of the molecule is C[C@@H]1C[C@@H](O)c2ncnc(N3C[C@]4(CCN(Cc5ccccc5)C4)c4c(N(C)C(=O)O)cccc43)c21. The number of carbonyl (C=O) groups is 1. The first-order valence-corrected chi connectivity index (χ1v) is 12.5. The molecular formula is C28H31N5O3. The summed E-state index contributed by atoms with van der Waals surface area (Å²) in [7, 11) is 1.62. The van der Waals surface area contributed by atoms with E-state index < -0.39 is 12.2 Å². The predicted molar refractivity (Wildman–Crippen MR) is 138 cm³/mol. The Morgan fingerprint density at radius 1 is 1.14 bits per heavy atom. The Labute approximate surface area is 210 Å². The molecule has 0 bridgehead atoms. The van der Waals surface area contributed by atoms with Crippen molar-refractivity contribution in [3.8, 4) is 0 Å². The topological polar surface area (TPSA) is 93.0 Å². The van der Waals surface area contributed by atoms with E-state index in [1.807, 2.05) is 18.2 Å². The third-order valence-corrected chi connectivity index (χ3v) is 8.17. The summed E-state index contributed by atoms with van der Waals surface area (Å²) < 4.78 is 0. The summed E-state index contributed by atoms with van der Waals surface area (Å²) in [4.78, 5) is 27.2. The highest BCUT2D eigenvalue weighted by Gasteiger charge is 2.50. The van der Waals surface area contributed by atoms with E-state index >= 15 is 0 Å². The number of hydrogen-bond donors (Lipinski definition) is 2. The molecule has 2 aromatic carbocycles. The highest BCUT2D eigenvalue weighted by Crippen LogP contribution is 2.54. The molecule has 1 amide bonds. The normalized spacial score (nSPS) is 24.8. The molecule has 36 heavy (non-hydrogen) atoms. The van der Waals surface area contributed by atoms with Crippen LogP contribution >= 0.6 is 0 Å². The molecule has 1 saturated heterocycles. The first kappa shape index (κ1) is 22.9. The zero-order valence-corrected chi connectivity index (χ0v) is 20.6. The lowest BCUT2D eigenvalue weighted by Gasteiger charge is -2.29. The van der Waals surface area contributed by atoms with Gasteiger partial charge in [0.15, 0.2) is 0 Å². The molecule has 1 aromatic heterocycles. The van der Waals surface area contributed by atoms with E-state index in [0.29, 0.717) is 18.7 Å². The van der Waals surface area contributed by atoms with Crippen molar-refractivity contribution >= 4 is 23.3 Å². The molecule has 3 aromatic rings. The fourth-order valence-corrected chi connectivity index (χ4v) is 6.52. The Morgan fingerprint density at radius 3 is 2.72 bits per heavy atom. The van der Waals surface area contributed by atoms with Gasteiger partial charge in [0, 0.05) is 48.9 Å². The minimum atomic E-state index is -0.976. The van der Waals surface area contributed by atoms with Gasteiger partial charge in [-0.05, 0) is 43.0 Å². The van der Waals surface area contributed by atoms with E-state index in [1.54, 1.807) is 13.4 Å². The third-order valence-electron chi connectivity index (χ3n) is 8.17. The summed E-state index contributed by atoms with van der Waals surface area (Å²) in [6.45, 7) is 5.46. The lowest BCUT2D eigenvalue weighted by Crippen LogP contribution is -2.37. The lowest BCUT2D eigenvalue weighted by atomic mass is 9.80. The van der Waals surface area contributed by atoms with Gasteiger partial charge in [-0.2, -0.15) is 0 Å². The van der Waals surface area contributed by atoms with Crippen LogP contribution in [-0.2, 0) is 12.0 Å². The van der Waals surface area contributed by atoms with Gasteiger partial charge in [-0.25, -0.2) is 14.8 Å². The Balaban J connectivity index is 1.45. The van der Waals surface area contributed by atoms with E-state index in [4.69, 9.17) is 4.98 Å². The quantitative estimate of drug-likeness (QED) is 0.565. The molecular weight excluding hydrogens is 454 g/mol. The molecule has 8 heteroatoms. The van der Waals surface area contributed by atoms with Crippen LogP contribution in [-0.4, -0.2) is 57.9 Å². The van der Waals surface area contributed by atoms with Crippen LogP contribution in [0.3, 0.4) is 0 Å². The van der Waals surface area contributed by atoms with E-state index in [1.165, 1.54) is 10.5 Å². The largest absolute Gasteiger partial charge is 0.465 e. The van der Waals surface area contributed by atoms with Gasteiger partial charge in [-0.1, -0.05) is 43.3 Å². The zero-order valence-electron chi connectivity index (χ0n) is 20.6. The summed E-state index contributed by atoms with van der Waals surface area (Å²) in [6, 6.07) is 16.4. The van der Waals surface area contributed by atoms with Crippen molar-refractivity contribution in [3.05, 3.63) is 77.2 Å². The maximum Gasteiger partial charge on any atom is 0.411 e. The maximum absolute atomic E-state index is 12.0. The summed E-state index contributed by atoms with van der Waals surface area (Å²) >= 11 is 0. The van der Waals surface area contributed by atoms with Gasteiger partial charge in [0.25, 0.3) is 0 Å². The summed E-state index contributed by atoms with van der Waals surface area (Å²) in [5, 5.41) is 20.5.